The van der Waals surface area contributed by atoms with Crippen molar-refractivity contribution in [3.05, 3.63) is 59.7 Å². The van der Waals surface area contributed by atoms with Gasteiger partial charge in [-0.2, -0.15) is 0 Å². The molecule has 0 N–H and O–H groups in total. The van der Waals surface area contributed by atoms with Crippen LogP contribution in [0.15, 0.2) is 57.4 Å². The first-order valence-electron chi connectivity index (χ1n) is 13.7. The molecule has 34 heavy (non-hydrogen) atoms. The predicted octanol–water partition coefficient (Wildman–Crippen LogP) is 10.6. The van der Waals surface area contributed by atoms with E-state index in [4.69, 9.17) is 8.83 Å². The van der Waals surface area contributed by atoms with Gasteiger partial charge >= 0.3 is 0 Å². The van der Waals surface area contributed by atoms with Crippen molar-refractivity contribution in [3.8, 4) is 0 Å². The molecular weight excluding hydrogens is 416 g/mol. The Morgan fingerprint density at radius 1 is 0.471 bits per heavy atom. The van der Waals surface area contributed by atoms with E-state index < -0.39 is 0 Å². The molecule has 2 heterocycles. The molecule has 2 saturated carbocycles. The molecule has 5 aromatic rings. The van der Waals surface area contributed by atoms with E-state index in [0.29, 0.717) is 11.8 Å². The third-order valence-electron chi connectivity index (χ3n) is 8.26. The summed E-state index contributed by atoms with van der Waals surface area (Å²) in [6.07, 6.45) is 13.5. The van der Waals surface area contributed by atoms with Gasteiger partial charge in [-0.15, -0.1) is 0 Å². The maximum Gasteiger partial charge on any atom is 0.136 e. The van der Waals surface area contributed by atoms with Crippen LogP contribution in [0.1, 0.15) is 101 Å². The fraction of sp³-hybridized carbons (Fsp3) is 0.438. The Morgan fingerprint density at radius 2 is 0.853 bits per heavy atom. The summed E-state index contributed by atoms with van der Waals surface area (Å²) in [5.74, 6) is 1.40. The molecule has 0 saturated heterocycles. The summed E-state index contributed by atoms with van der Waals surface area (Å²) in [6, 6.07) is 18.1. The minimum absolute atomic E-state index is 0.700. The lowest BCUT2D eigenvalue weighted by Crippen LogP contribution is -2.04. The molecule has 2 nitrogen and oxygen atoms in total. The zero-order valence-electron chi connectivity index (χ0n) is 20.7. The number of benzene rings is 3. The molecule has 0 aliphatic heterocycles. The molecule has 0 unspecified atom stereocenters. The van der Waals surface area contributed by atoms with Gasteiger partial charge < -0.3 is 8.83 Å². The van der Waals surface area contributed by atoms with E-state index >= 15 is 0 Å². The van der Waals surface area contributed by atoms with Gasteiger partial charge in [-0.3, -0.25) is 0 Å². The first-order chi connectivity index (χ1) is 16.8. The van der Waals surface area contributed by atoms with E-state index in [1.54, 1.807) is 0 Å². The molecule has 0 spiro atoms. The quantitative estimate of drug-likeness (QED) is 0.266. The molecule has 3 aromatic carbocycles. The monoisotopic (exact) mass is 452 g/mol. The maximum atomic E-state index is 6.33. The molecule has 2 fully saturated rings. The van der Waals surface area contributed by atoms with Crippen molar-refractivity contribution in [2.24, 2.45) is 0 Å². The number of hydrogen-bond donors (Lipinski definition) is 0. The van der Waals surface area contributed by atoms with Crippen LogP contribution in [0, 0.1) is 0 Å². The van der Waals surface area contributed by atoms with Gasteiger partial charge in [0.15, 0.2) is 0 Å². The van der Waals surface area contributed by atoms with Crippen molar-refractivity contribution in [2.75, 3.05) is 0 Å². The highest BCUT2D eigenvalue weighted by molar-refractivity contribution is 6.14. The highest BCUT2D eigenvalue weighted by atomic mass is 16.3. The van der Waals surface area contributed by atoms with Crippen molar-refractivity contribution >= 4 is 43.9 Å². The first-order valence-corrected chi connectivity index (χ1v) is 13.7. The van der Waals surface area contributed by atoms with Crippen LogP contribution in [0.3, 0.4) is 0 Å². The van der Waals surface area contributed by atoms with Gasteiger partial charge in [0.25, 0.3) is 0 Å². The molecule has 176 valence electrons. The first kappa shape index (κ1) is 21.8. The molecular formula is C32H36O2. The molecule has 0 bridgehead atoms. The highest BCUT2D eigenvalue weighted by Crippen LogP contribution is 2.41. The van der Waals surface area contributed by atoms with E-state index in [1.807, 2.05) is 13.8 Å². The summed E-state index contributed by atoms with van der Waals surface area (Å²) in [5, 5.41) is 4.81. The highest BCUT2D eigenvalue weighted by Gasteiger charge is 2.20. The summed E-state index contributed by atoms with van der Waals surface area (Å²) < 4.78 is 12.7. The van der Waals surface area contributed by atoms with Crippen LogP contribution in [-0.2, 0) is 0 Å². The van der Waals surface area contributed by atoms with E-state index in [2.05, 4.69) is 48.5 Å². The van der Waals surface area contributed by atoms with Gasteiger partial charge in [0, 0.05) is 21.5 Å². The van der Waals surface area contributed by atoms with Crippen LogP contribution < -0.4 is 0 Å². The number of furan rings is 2. The summed E-state index contributed by atoms with van der Waals surface area (Å²) in [7, 11) is 0. The summed E-state index contributed by atoms with van der Waals surface area (Å²) >= 11 is 0. The second-order valence-electron chi connectivity index (χ2n) is 10.2. The molecule has 2 aliphatic carbocycles. The second-order valence-corrected chi connectivity index (χ2v) is 10.2. The van der Waals surface area contributed by atoms with Crippen molar-refractivity contribution in [1.29, 1.82) is 0 Å². The third kappa shape index (κ3) is 3.72. The average molecular weight is 453 g/mol. The fourth-order valence-electron chi connectivity index (χ4n) is 6.46. The lowest BCUT2D eigenvalue weighted by molar-refractivity contribution is 0.444. The normalized spacial score (nSPS) is 18.1. The lowest BCUT2D eigenvalue weighted by atomic mass is 9.83. The Hall–Kier alpha value is -2.74. The Morgan fingerprint density at radius 3 is 1.26 bits per heavy atom. The van der Waals surface area contributed by atoms with Crippen LogP contribution in [0.4, 0.5) is 0 Å². The molecule has 0 radical (unpaired) electrons. The van der Waals surface area contributed by atoms with Crippen molar-refractivity contribution in [2.45, 2.75) is 89.9 Å². The van der Waals surface area contributed by atoms with Gasteiger partial charge in [0.2, 0.25) is 0 Å². The van der Waals surface area contributed by atoms with Crippen LogP contribution in [0.5, 0.6) is 0 Å². The van der Waals surface area contributed by atoms with Gasteiger partial charge in [0.05, 0.1) is 0 Å². The predicted molar refractivity (Wildman–Crippen MR) is 144 cm³/mol. The van der Waals surface area contributed by atoms with E-state index in [1.165, 1.54) is 96.9 Å². The third-order valence-corrected chi connectivity index (χ3v) is 8.26. The van der Waals surface area contributed by atoms with Crippen molar-refractivity contribution in [1.82, 2.24) is 0 Å². The Balaban J connectivity index is 0.00000106. The summed E-state index contributed by atoms with van der Waals surface area (Å²) in [5.41, 5.74) is 6.86. The zero-order chi connectivity index (χ0) is 23.1. The molecule has 7 rings (SSSR count). The van der Waals surface area contributed by atoms with Gasteiger partial charge in [-0.1, -0.05) is 64.5 Å². The lowest BCUT2D eigenvalue weighted by Gasteiger charge is -2.21. The van der Waals surface area contributed by atoms with Gasteiger partial charge in [-0.05, 0) is 85.0 Å². The average Bonchev–Trinajstić information content (AvgIpc) is 3.46. The van der Waals surface area contributed by atoms with E-state index in [0.717, 1.165) is 22.3 Å². The summed E-state index contributed by atoms with van der Waals surface area (Å²) in [4.78, 5) is 0. The second kappa shape index (κ2) is 9.13. The van der Waals surface area contributed by atoms with E-state index in [-0.39, 0.29) is 0 Å². The molecule has 0 amide bonds. The van der Waals surface area contributed by atoms with Crippen molar-refractivity contribution in [3.63, 3.8) is 0 Å². The molecule has 2 heteroatoms. The minimum Gasteiger partial charge on any atom is -0.456 e. The van der Waals surface area contributed by atoms with Crippen LogP contribution in [0.2, 0.25) is 0 Å². The van der Waals surface area contributed by atoms with Crippen molar-refractivity contribution < 1.29 is 8.83 Å². The molecule has 0 atom stereocenters. The Bertz CT molecular complexity index is 1330. The zero-order valence-corrected chi connectivity index (χ0v) is 20.7. The smallest absolute Gasteiger partial charge is 0.136 e. The topological polar surface area (TPSA) is 26.3 Å². The van der Waals surface area contributed by atoms with Crippen LogP contribution in [0.25, 0.3) is 43.9 Å². The SMILES string of the molecule is CC.c1cc2oc3cc4c(cc3c2cc1C1CCCCC1)oc1ccc(C2CCCCC2)cc14. The van der Waals surface area contributed by atoms with Crippen LogP contribution in [-0.4, -0.2) is 0 Å². The fourth-order valence-corrected chi connectivity index (χ4v) is 6.46. The van der Waals surface area contributed by atoms with Gasteiger partial charge in [0.1, 0.15) is 22.3 Å². The standard InChI is InChI=1S/C30H30O2.C2H6/c1-3-7-19(8-4-1)21-11-13-27-23(15-21)25-17-30-26(18-29(25)31-27)24-16-22(12-14-28(24)32-30)20-9-5-2-6-10-20;1-2/h11-20H,1-10H2;1-2H3. The maximum absolute atomic E-state index is 6.33. The van der Waals surface area contributed by atoms with Crippen LogP contribution >= 0.6 is 0 Å². The number of rotatable bonds is 2. The molecule has 2 aromatic heterocycles. The number of hydrogen-bond acceptors (Lipinski definition) is 2. The van der Waals surface area contributed by atoms with E-state index in [9.17, 15) is 0 Å². The minimum atomic E-state index is 0.700. The Labute approximate surface area is 202 Å². The van der Waals surface area contributed by atoms with Gasteiger partial charge in [-0.25, -0.2) is 0 Å². The molecule has 2 aliphatic rings. The Kier molecular flexibility index (Phi) is 5.85. The largest absolute Gasteiger partial charge is 0.456 e. The number of fused-ring (bicyclic) bond motifs is 6. The summed E-state index contributed by atoms with van der Waals surface area (Å²) in [6.45, 7) is 4.00.